The molecule has 0 rings (SSSR count). The molecule has 3 N–H and O–H groups in total. The molecule has 3 unspecified atom stereocenters. The van der Waals surface area contributed by atoms with Gasteiger partial charge in [-0.25, -0.2) is 4.57 Å². The van der Waals surface area contributed by atoms with E-state index in [0.717, 1.165) is 44.9 Å². The van der Waals surface area contributed by atoms with Gasteiger partial charge in [0.25, 0.3) is 0 Å². The third kappa shape index (κ3) is 58.0. The number of hydrogen-bond donors (Lipinski definition) is 3. The lowest BCUT2D eigenvalue weighted by molar-refractivity contribution is -0.870. The lowest BCUT2D eigenvalue weighted by atomic mass is 10.0. The summed E-state index contributed by atoms with van der Waals surface area (Å²) in [5.41, 5.74) is 0. The largest absolute Gasteiger partial charge is 0.472 e. The minimum atomic E-state index is -4.36. The molecule has 0 aromatic rings. The molecule has 1 amide bonds. The highest BCUT2D eigenvalue weighted by atomic mass is 31.2. The molecule has 0 aliphatic heterocycles. The van der Waals surface area contributed by atoms with E-state index >= 15 is 0 Å². The van der Waals surface area contributed by atoms with Crippen LogP contribution in [0.2, 0.25) is 0 Å². The SMILES string of the molecule is CCCCCCCC/C=C\CCCCCCCCCCCC(=O)NC(COP(=O)(O)OCC[N+](C)(C)C)C(O)/C=C/CC/C=C/CC/C=C/CCCCCCCCCCCCCCCCCCCCCCCC. The Labute approximate surface area is 454 Å². The number of amides is 1. The van der Waals surface area contributed by atoms with E-state index in [9.17, 15) is 19.4 Å². The van der Waals surface area contributed by atoms with Gasteiger partial charge in [0, 0.05) is 6.42 Å². The average molecular weight is 1050 g/mol. The molecule has 0 saturated heterocycles. The van der Waals surface area contributed by atoms with Crippen molar-refractivity contribution in [1.29, 1.82) is 0 Å². The van der Waals surface area contributed by atoms with Crippen LogP contribution in [0.3, 0.4) is 0 Å². The number of carbonyl (C=O) groups excluding carboxylic acids is 1. The Hall–Kier alpha value is -1.54. The predicted molar refractivity (Wildman–Crippen MR) is 318 cm³/mol. The first-order valence-electron chi connectivity index (χ1n) is 31.5. The molecule has 3 atom stereocenters. The van der Waals surface area contributed by atoms with Crippen molar-refractivity contribution >= 4 is 13.7 Å². The Morgan fingerprint density at radius 3 is 1.10 bits per heavy atom. The van der Waals surface area contributed by atoms with Crippen LogP contribution >= 0.6 is 7.82 Å². The smallest absolute Gasteiger partial charge is 0.387 e. The number of rotatable bonds is 58. The first kappa shape index (κ1) is 71.5. The van der Waals surface area contributed by atoms with Gasteiger partial charge in [-0.1, -0.05) is 274 Å². The Bertz CT molecular complexity index is 1330. The molecule has 9 heteroatoms. The highest BCUT2D eigenvalue weighted by Crippen LogP contribution is 2.43. The molecule has 0 aliphatic rings. The van der Waals surface area contributed by atoms with Gasteiger partial charge >= 0.3 is 7.82 Å². The van der Waals surface area contributed by atoms with E-state index < -0.39 is 20.0 Å². The van der Waals surface area contributed by atoms with Gasteiger partial charge < -0.3 is 19.8 Å². The normalized spacial score (nSPS) is 14.1. The summed E-state index contributed by atoms with van der Waals surface area (Å²) in [7, 11) is 1.55. The molecule has 0 spiro atoms. The van der Waals surface area contributed by atoms with E-state index in [2.05, 4.69) is 55.6 Å². The van der Waals surface area contributed by atoms with Crippen LogP contribution in [0.4, 0.5) is 0 Å². The summed E-state index contributed by atoms with van der Waals surface area (Å²) < 4.78 is 23.7. The van der Waals surface area contributed by atoms with Crippen LogP contribution in [0.1, 0.15) is 303 Å². The lowest BCUT2D eigenvalue weighted by Crippen LogP contribution is -2.45. The van der Waals surface area contributed by atoms with Crippen molar-refractivity contribution < 1.29 is 32.9 Å². The molecular weight excluding hydrogens is 924 g/mol. The van der Waals surface area contributed by atoms with E-state index in [-0.39, 0.29) is 19.1 Å². The fraction of sp³-hybridized carbons (Fsp3) is 0.859. The van der Waals surface area contributed by atoms with Crippen LogP contribution in [0.5, 0.6) is 0 Å². The number of phosphoric acid groups is 1. The fourth-order valence-corrected chi connectivity index (χ4v) is 10.0. The molecule has 8 nitrogen and oxygen atoms in total. The molecule has 0 bridgehead atoms. The number of allylic oxidation sites excluding steroid dienone is 7. The maximum Gasteiger partial charge on any atom is 0.472 e. The van der Waals surface area contributed by atoms with Crippen molar-refractivity contribution in [3.63, 3.8) is 0 Å². The first-order valence-corrected chi connectivity index (χ1v) is 33.0. The summed E-state index contributed by atoms with van der Waals surface area (Å²) in [6, 6.07) is -0.872. The third-order valence-corrected chi connectivity index (χ3v) is 15.2. The Morgan fingerprint density at radius 1 is 0.452 bits per heavy atom. The van der Waals surface area contributed by atoms with Crippen LogP contribution in [-0.4, -0.2) is 73.4 Å². The summed E-state index contributed by atoms with van der Waals surface area (Å²) in [6.45, 7) is 4.82. The van der Waals surface area contributed by atoms with Crippen LogP contribution in [-0.2, 0) is 18.4 Å². The quantitative estimate of drug-likeness (QED) is 0.0243. The number of unbranched alkanes of at least 4 members (excludes halogenated alkanes) is 39. The summed E-state index contributed by atoms with van der Waals surface area (Å²) in [6.07, 6.45) is 73.9. The molecule has 0 fully saturated rings. The summed E-state index contributed by atoms with van der Waals surface area (Å²) in [4.78, 5) is 23.3. The van der Waals surface area contributed by atoms with Crippen molar-refractivity contribution in [2.75, 3.05) is 40.9 Å². The van der Waals surface area contributed by atoms with E-state index in [1.54, 1.807) is 6.08 Å². The zero-order valence-electron chi connectivity index (χ0n) is 49.1. The van der Waals surface area contributed by atoms with Crippen LogP contribution in [0.25, 0.3) is 0 Å². The number of nitrogens with one attached hydrogen (secondary N) is 1. The Balaban J connectivity index is 4.17. The van der Waals surface area contributed by atoms with Gasteiger partial charge in [0.1, 0.15) is 13.2 Å². The average Bonchev–Trinajstić information content (AvgIpc) is 3.35. The van der Waals surface area contributed by atoms with Gasteiger partial charge in [-0.05, 0) is 70.6 Å². The van der Waals surface area contributed by atoms with Crippen molar-refractivity contribution in [2.45, 2.75) is 315 Å². The van der Waals surface area contributed by atoms with Crippen molar-refractivity contribution in [2.24, 2.45) is 0 Å². The summed E-state index contributed by atoms with van der Waals surface area (Å²) in [5.74, 6) is -0.191. The summed E-state index contributed by atoms with van der Waals surface area (Å²) >= 11 is 0. The lowest BCUT2D eigenvalue weighted by Gasteiger charge is -2.25. The number of carbonyl (C=O) groups is 1. The second-order valence-corrected chi connectivity index (χ2v) is 24.2. The molecule has 73 heavy (non-hydrogen) atoms. The fourth-order valence-electron chi connectivity index (χ4n) is 9.31. The van der Waals surface area contributed by atoms with E-state index in [1.807, 2.05) is 27.2 Å². The van der Waals surface area contributed by atoms with Gasteiger partial charge in [0.05, 0.1) is 39.9 Å². The summed E-state index contributed by atoms with van der Waals surface area (Å²) in [5, 5.41) is 13.9. The van der Waals surface area contributed by atoms with E-state index in [4.69, 9.17) is 9.05 Å². The predicted octanol–water partition coefficient (Wildman–Crippen LogP) is 19.5. The van der Waals surface area contributed by atoms with Gasteiger partial charge in [-0.3, -0.25) is 13.8 Å². The number of hydrogen-bond acceptors (Lipinski definition) is 5. The highest BCUT2D eigenvalue weighted by Gasteiger charge is 2.27. The molecule has 0 aromatic heterocycles. The zero-order chi connectivity index (χ0) is 53.5. The maximum atomic E-state index is 13.0. The number of aliphatic hydroxyl groups is 1. The van der Waals surface area contributed by atoms with Crippen LogP contribution in [0.15, 0.2) is 48.6 Å². The van der Waals surface area contributed by atoms with Crippen molar-refractivity contribution in [3.05, 3.63) is 48.6 Å². The minimum absolute atomic E-state index is 0.0528. The number of phosphoric ester groups is 1. The van der Waals surface area contributed by atoms with E-state index in [0.29, 0.717) is 17.4 Å². The monoisotopic (exact) mass is 1050 g/mol. The van der Waals surface area contributed by atoms with Crippen LogP contribution in [0, 0.1) is 0 Å². The topological polar surface area (TPSA) is 105 Å². The molecule has 0 saturated carbocycles. The zero-order valence-corrected chi connectivity index (χ0v) is 50.0. The van der Waals surface area contributed by atoms with Gasteiger partial charge in [-0.2, -0.15) is 0 Å². The molecule has 430 valence electrons. The van der Waals surface area contributed by atoms with Gasteiger partial charge in [0.2, 0.25) is 5.91 Å². The minimum Gasteiger partial charge on any atom is -0.387 e. The Morgan fingerprint density at radius 2 is 0.753 bits per heavy atom. The molecule has 0 aromatic carbocycles. The molecule has 0 aliphatic carbocycles. The highest BCUT2D eigenvalue weighted by molar-refractivity contribution is 7.47. The molecular formula is C64H124N2O6P+. The van der Waals surface area contributed by atoms with Crippen molar-refractivity contribution in [1.82, 2.24) is 5.32 Å². The second-order valence-electron chi connectivity index (χ2n) is 22.8. The maximum absolute atomic E-state index is 13.0. The van der Waals surface area contributed by atoms with E-state index in [1.165, 1.54) is 238 Å². The second kappa shape index (κ2) is 55.2. The number of quaternary nitrogens is 1. The van der Waals surface area contributed by atoms with Crippen LogP contribution < -0.4 is 5.32 Å². The standard InChI is InChI=1S/C64H123N2O6P/c1-6-8-10-12-14-16-18-20-22-24-26-27-28-29-30-31-32-33-34-35-36-37-38-40-41-43-45-47-49-51-53-55-57-63(67)62(61-72-73(69,70)71-60-59-66(3,4)5)65-64(68)58-56-54-52-50-48-46-44-42-39-25-23-21-19-17-15-13-11-9-7-2/h21,23,40-41,47,49,55,57,62-63,67H,6-20,22,24-39,42-46,48,50-54,56,58-61H2,1-5H3,(H-,65,68,69,70)/p+1/b23-21-,41-40+,49-47+,57-55+. The van der Waals surface area contributed by atoms with Gasteiger partial charge in [0.15, 0.2) is 0 Å². The Kier molecular flexibility index (Phi) is 54.1. The molecule has 0 heterocycles. The first-order chi connectivity index (χ1) is 35.5. The molecule has 0 radical (unpaired) electrons. The number of likely N-dealkylation sites (N-methyl/N-ethyl adjacent to an activating group) is 1. The third-order valence-electron chi connectivity index (χ3n) is 14.2. The number of aliphatic hydroxyl groups excluding tert-OH is 1. The van der Waals surface area contributed by atoms with Gasteiger partial charge in [-0.15, -0.1) is 0 Å². The number of nitrogens with zero attached hydrogens (tertiary/aromatic N) is 1. The van der Waals surface area contributed by atoms with Crippen molar-refractivity contribution in [3.8, 4) is 0 Å².